The molecule has 3 aliphatic rings. The van der Waals surface area contributed by atoms with E-state index in [1.807, 2.05) is 0 Å². The van der Waals surface area contributed by atoms with Gasteiger partial charge in [0.2, 0.25) is 0 Å². The summed E-state index contributed by atoms with van der Waals surface area (Å²) in [4.78, 5) is 2.44. The normalized spacial score (nSPS) is 16.9. The Bertz CT molecular complexity index is 3390. The highest BCUT2D eigenvalue weighted by Gasteiger charge is 2.50. The molecule has 61 heavy (non-hydrogen) atoms. The largest absolute Gasteiger partial charge is 0.310 e. The lowest BCUT2D eigenvalue weighted by Gasteiger charge is -2.40. The molecule has 0 saturated heterocycles. The van der Waals surface area contributed by atoms with Crippen molar-refractivity contribution >= 4 is 49.6 Å². The molecule has 0 N–H and O–H groups in total. The van der Waals surface area contributed by atoms with Gasteiger partial charge in [-0.2, -0.15) is 0 Å². The molecule has 1 aromatic heterocycles. The van der Waals surface area contributed by atoms with Crippen molar-refractivity contribution in [2.75, 3.05) is 4.90 Å². The minimum absolute atomic E-state index is 0.204. The molecule has 0 saturated carbocycles. The molecule has 0 aliphatic heterocycles. The lowest BCUT2D eigenvalue weighted by molar-refractivity contribution is 0.458. The van der Waals surface area contributed by atoms with Gasteiger partial charge in [0.1, 0.15) is 0 Å². The van der Waals surface area contributed by atoms with Gasteiger partial charge in [-0.25, -0.2) is 0 Å². The van der Waals surface area contributed by atoms with E-state index in [0.717, 1.165) is 29.2 Å². The number of benzene rings is 9. The van der Waals surface area contributed by atoms with Gasteiger partial charge < -0.3 is 9.47 Å². The Morgan fingerprint density at radius 2 is 1.05 bits per heavy atom. The Morgan fingerprint density at radius 1 is 0.443 bits per heavy atom. The fourth-order valence-electron chi connectivity index (χ4n) is 11.3. The summed E-state index contributed by atoms with van der Waals surface area (Å²) in [6, 6.07) is 74.6. The van der Waals surface area contributed by atoms with Crippen LogP contribution in [0.3, 0.4) is 0 Å². The van der Waals surface area contributed by atoms with Gasteiger partial charge in [0, 0.05) is 33.5 Å². The molecule has 10 aromatic rings. The first kappa shape index (κ1) is 34.2. The predicted molar refractivity (Wildman–Crippen MR) is 256 cm³/mol. The monoisotopic (exact) mass is 776 g/mol. The van der Waals surface area contributed by atoms with E-state index in [1.165, 1.54) is 82.6 Å². The minimum Gasteiger partial charge on any atom is -0.310 e. The van der Waals surface area contributed by atoms with Crippen molar-refractivity contribution in [2.24, 2.45) is 5.92 Å². The Morgan fingerprint density at radius 3 is 1.77 bits per heavy atom. The summed E-state index contributed by atoms with van der Waals surface area (Å²) in [6.45, 7) is 0. The zero-order valence-corrected chi connectivity index (χ0v) is 33.5. The lowest BCUT2D eigenvalue weighted by atomic mass is 9.62. The van der Waals surface area contributed by atoms with Crippen LogP contribution in [0.1, 0.15) is 23.1 Å². The second-order valence-electron chi connectivity index (χ2n) is 16.7. The van der Waals surface area contributed by atoms with E-state index >= 15 is 0 Å². The molecule has 0 bridgehead atoms. The highest BCUT2D eigenvalue weighted by atomic mass is 15.1. The molecule has 2 heteroatoms. The highest BCUT2D eigenvalue weighted by molar-refractivity contribution is 6.20. The Hall–Kier alpha value is -7.68. The molecule has 0 radical (unpaired) electrons. The number of para-hydroxylation sites is 3. The molecule has 0 amide bonds. The molecule has 286 valence electrons. The number of rotatable bonds is 6. The first-order valence-electron chi connectivity index (χ1n) is 21.5. The smallest absolute Gasteiger partial charge is 0.0541 e. The molecule has 13 rings (SSSR count). The van der Waals surface area contributed by atoms with Crippen LogP contribution in [0.5, 0.6) is 0 Å². The van der Waals surface area contributed by atoms with Gasteiger partial charge in [-0.15, -0.1) is 0 Å². The summed E-state index contributed by atoms with van der Waals surface area (Å²) in [5.41, 5.74) is 18.6. The third-order valence-electron chi connectivity index (χ3n) is 13.8. The number of hydrogen-bond acceptors (Lipinski definition) is 1. The van der Waals surface area contributed by atoms with Crippen LogP contribution in [0.2, 0.25) is 0 Å². The SMILES string of the molecule is C1=CCC(C2(c3ccccc3)c3cc(N(c4ccccc4)c4ccc(-n5c6ccccc6c6ccccc65)cc4)ccc3-c3c2cc2c4c(cccc34)-c3ccccc3-2)C=C1. The zero-order valence-electron chi connectivity index (χ0n) is 33.5. The molecule has 2 nitrogen and oxygen atoms in total. The molecular formula is C59H40N2. The number of allylic oxidation sites excluding steroid dienone is 4. The minimum atomic E-state index is -0.440. The Labute approximate surface area is 355 Å². The van der Waals surface area contributed by atoms with Crippen LogP contribution in [-0.4, -0.2) is 4.57 Å². The summed E-state index contributed by atoms with van der Waals surface area (Å²) >= 11 is 0. The van der Waals surface area contributed by atoms with E-state index in [-0.39, 0.29) is 5.92 Å². The van der Waals surface area contributed by atoms with Gasteiger partial charge in [-0.1, -0.05) is 158 Å². The Balaban J connectivity index is 1.05. The summed E-state index contributed by atoms with van der Waals surface area (Å²) in [7, 11) is 0. The van der Waals surface area contributed by atoms with E-state index in [0.29, 0.717) is 0 Å². The van der Waals surface area contributed by atoms with Crippen molar-refractivity contribution in [1.82, 2.24) is 4.57 Å². The topological polar surface area (TPSA) is 8.17 Å². The van der Waals surface area contributed by atoms with Crippen LogP contribution in [0, 0.1) is 5.92 Å². The van der Waals surface area contributed by atoms with Gasteiger partial charge in [0.25, 0.3) is 0 Å². The first-order chi connectivity index (χ1) is 30.3. The fourth-order valence-corrected chi connectivity index (χ4v) is 11.3. The summed E-state index contributed by atoms with van der Waals surface area (Å²) < 4.78 is 2.39. The molecule has 1 heterocycles. The second kappa shape index (κ2) is 13.2. The molecule has 0 spiro atoms. The van der Waals surface area contributed by atoms with E-state index in [1.54, 1.807) is 0 Å². The summed E-state index contributed by atoms with van der Waals surface area (Å²) in [5, 5.41) is 5.24. The van der Waals surface area contributed by atoms with E-state index < -0.39 is 5.41 Å². The summed E-state index contributed by atoms with van der Waals surface area (Å²) in [6.07, 6.45) is 10.3. The van der Waals surface area contributed by atoms with E-state index in [9.17, 15) is 0 Å². The van der Waals surface area contributed by atoms with Crippen LogP contribution in [-0.2, 0) is 5.41 Å². The maximum atomic E-state index is 2.58. The maximum absolute atomic E-state index is 2.58. The number of fused-ring (bicyclic) bond motifs is 10. The molecule has 0 fully saturated rings. The van der Waals surface area contributed by atoms with Gasteiger partial charge in [0.05, 0.1) is 16.4 Å². The molecular weight excluding hydrogens is 737 g/mol. The highest BCUT2D eigenvalue weighted by Crippen LogP contribution is 2.63. The van der Waals surface area contributed by atoms with Crippen LogP contribution in [0.15, 0.2) is 224 Å². The van der Waals surface area contributed by atoms with Gasteiger partial charge in [0.15, 0.2) is 0 Å². The van der Waals surface area contributed by atoms with E-state index in [2.05, 4.69) is 234 Å². The maximum Gasteiger partial charge on any atom is 0.0541 e. The molecule has 2 unspecified atom stereocenters. The van der Waals surface area contributed by atoms with E-state index in [4.69, 9.17) is 0 Å². The molecule has 3 aliphatic carbocycles. The van der Waals surface area contributed by atoms with Crippen molar-refractivity contribution in [3.8, 4) is 39.1 Å². The van der Waals surface area contributed by atoms with Crippen LogP contribution in [0.25, 0.3) is 71.6 Å². The average Bonchev–Trinajstić information content (AvgIpc) is 3.95. The van der Waals surface area contributed by atoms with Crippen molar-refractivity contribution in [3.63, 3.8) is 0 Å². The number of nitrogens with zero attached hydrogens (tertiary/aromatic N) is 2. The quantitative estimate of drug-likeness (QED) is 0.163. The number of hydrogen-bond donors (Lipinski definition) is 0. The average molecular weight is 777 g/mol. The standard InChI is InChI=1S/C59H40N2/c1-4-17-39(18-5-1)59(40-19-6-2-7-20-40)53-37-44(35-36-50(53)58-51-28-16-27-49-45-23-10-11-24-46(45)52(57(49)51)38-54(58)59)60(41-21-8-3-9-22-41)42-31-33-43(34-32-42)61-55-29-14-12-25-47(55)48-26-13-15-30-56(48)61/h1-19,21-38,40H,20H2. The number of aromatic nitrogens is 1. The van der Waals surface area contributed by atoms with Gasteiger partial charge in [-0.05, 0) is 140 Å². The van der Waals surface area contributed by atoms with Gasteiger partial charge >= 0.3 is 0 Å². The van der Waals surface area contributed by atoms with Crippen LogP contribution in [0.4, 0.5) is 17.1 Å². The van der Waals surface area contributed by atoms with Crippen molar-refractivity contribution in [3.05, 3.63) is 241 Å². The molecule has 2 atom stereocenters. The lowest BCUT2D eigenvalue weighted by Crippen LogP contribution is -2.35. The predicted octanol–water partition coefficient (Wildman–Crippen LogP) is 15.5. The van der Waals surface area contributed by atoms with Crippen molar-refractivity contribution in [1.29, 1.82) is 0 Å². The first-order valence-corrected chi connectivity index (χ1v) is 21.5. The second-order valence-corrected chi connectivity index (χ2v) is 16.7. The third-order valence-corrected chi connectivity index (χ3v) is 13.8. The Kier molecular flexibility index (Phi) is 7.38. The summed E-state index contributed by atoms with van der Waals surface area (Å²) in [5.74, 6) is 0.204. The third kappa shape index (κ3) is 4.79. The zero-order chi connectivity index (χ0) is 40.1. The van der Waals surface area contributed by atoms with Crippen molar-refractivity contribution < 1.29 is 0 Å². The molecule has 9 aromatic carbocycles. The fraction of sp³-hybridized carbons (Fsp3) is 0.0508. The van der Waals surface area contributed by atoms with Gasteiger partial charge in [-0.3, -0.25) is 0 Å². The number of anilines is 3. The van der Waals surface area contributed by atoms with Crippen LogP contribution < -0.4 is 4.90 Å². The van der Waals surface area contributed by atoms with Crippen LogP contribution >= 0.6 is 0 Å². The van der Waals surface area contributed by atoms with Crippen molar-refractivity contribution in [2.45, 2.75) is 11.8 Å².